The van der Waals surface area contributed by atoms with Crippen LogP contribution >= 0.6 is 0 Å². The highest BCUT2D eigenvalue weighted by molar-refractivity contribution is 5.95. The number of fused-ring (bicyclic) bond motifs is 1. The smallest absolute Gasteiger partial charge is 0.258 e. The molecule has 0 aliphatic rings. The first-order valence-electron chi connectivity index (χ1n) is 10.00. The number of rotatable bonds is 7. The van der Waals surface area contributed by atoms with Gasteiger partial charge in [0.1, 0.15) is 0 Å². The lowest BCUT2D eigenvalue weighted by Crippen LogP contribution is -2.44. The van der Waals surface area contributed by atoms with E-state index in [0.717, 1.165) is 16.5 Å². The summed E-state index contributed by atoms with van der Waals surface area (Å²) in [6.07, 6.45) is 1.27. The maximum Gasteiger partial charge on any atom is 0.258 e. The zero-order chi connectivity index (χ0) is 20.3. The molecule has 28 heavy (non-hydrogen) atoms. The van der Waals surface area contributed by atoms with Crippen LogP contribution in [0.4, 0.5) is 0 Å². The number of hydrogen-bond acceptors (Lipinski definition) is 3. The average Bonchev–Trinajstić information content (AvgIpc) is 2.68. The lowest BCUT2D eigenvalue weighted by atomic mass is 10.0. The molecule has 1 heterocycles. The molecule has 0 amide bonds. The Balaban J connectivity index is 2.00. The SMILES string of the molecule is CC(C)N(CC(O)Cn1cc(-c2ccccc2)c2ccccc2c1=O)C(C)C. The molecule has 4 heteroatoms. The summed E-state index contributed by atoms with van der Waals surface area (Å²) in [5, 5.41) is 12.3. The molecule has 148 valence electrons. The number of aromatic nitrogens is 1. The second-order valence-electron chi connectivity index (χ2n) is 7.95. The Morgan fingerprint density at radius 1 is 0.893 bits per heavy atom. The van der Waals surface area contributed by atoms with E-state index in [1.54, 1.807) is 4.57 Å². The summed E-state index contributed by atoms with van der Waals surface area (Å²) < 4.78 is 1.66. The van der Waals surface area contributed by atoms with Crippen molar-refractivity contribution in [2.24, 2.45) is 0 Å². The molecular weight excluding hydrogens is 348 g/mol. The van der Waals surface area contributed by atoms with Crippen LogP contribution in [0.5, 0.6) is 0 Å². The lowest BCUT2D eigenvalue weighted by molar-refractivity contribution is 0.0650. The fourth-order valence-corrected chi connectivity index (χ4v) is 3.87. The van der Waals surface area contributed by atoms with Crippen LogP contribution in [0.25, 0.3) is 21.9 Å². The third kappa shape index (κ3) is 4.34. The highest BCUT2D eigenvalue weighted by Gasteiger charge is 2.19. The summed E-state index contributed by atoms with van der Waals surface area (Å²) in [6.45, 7) is 9.32. The molecule has 0 saturated heterocycles. The lowest BCUT2D eigenvalue weighted by Gasteiger charge is -2.32. The number of benzene rings is 2. The molecule has 1 N–H and O–H groups in total. The molecule has 0 spiro atoms. The van der Waals surface area contributed by atoms with E-state index in [1.807, 2.05) is 60.8 Å². The molecular formula is C24H30N2O2. The first kappa shape index (κ1) is 20.3. The molecule has 3 rings (SSSR count). The van der Waals surface area contributed by atoms with Crippen LogP contribution in [-0.2, 0) is 6.54 Å². The zero-order valence-corrected chi connectivity index (χ0v) is 17.2. The number of hydrogen-bond donors (Lipinski definition) is 1. The Labute approximate surface area is 167 Å². The van der Waals surface area contributed by atoms with Crippen LogP contribution in [-0.4, -0.2) is 39.3 Å². The average molecular weight is 379 g/mol. The van der Waals surface area contributed by atoms with Gasteiger partial charge in [0.25, 0.3) is 5.56 Å². The van der Waals surface area contributed by atoms with Crippen LogP contribution in [0.2, 0.25) is 0 Å². The van der Waals surface area contributed by atoms with Gasteiger partial charge in [0, 0.05) is 35.8 Å². The zero-order valence-electron chi connectivity index (χ0n) is 17.2. The van der Waals surface area contributed by atoms with Crippen LogP contribution in [0.15, 0.2) is 65.6 Å². The van der Waals surface area contributed by atoms with Crippen molar-refractivity contribution in [3.05, 3.63) is 71.1 Å². The van der Waals surface area contributed by atoms with Crippen molar-refractivity contribution in [1.29, 1.82) is 0 Å². The number of aliphatic hydroxyl groups is 1. The summed E-state index contributed by atoms with van der Waals surface area (Å²) in [4.78, 5) is 15.3. The van der Waals surface area contributed by atoms with Crippen molar-refractivity contribution in [3.63, 3.8) is 0 Å². The largest absolute Gasteiger partial charge is 0.390 e. The monoisotopic (exact) mass is 378 g/mol. The van der Waals surface area contributed by atoms with Gasteiger partial charge in [0.05, 0.1) is 12.6 Å². The van der Waals surface area contributed by atoms with E-state index in [0.29, 0.717) is 24.0 Å². The third-order valence-electron chi connectivity index (χ3n) is 5.23. The van der Waals surface area contributed by atoms with Crippen molar-refractivity contribution in [2.75, 3.05) is 6.54 Å². The summed E-state index contributed by atoms with van der Waals surface area (Å²) >= 11 is 0. The normalized spacial score (nSPS) is 13.0. The predicted molar refractivity (Wildman–Crippen MR) is 117 cm³/mol. The maximum atomic E-state index is 13.0. The first-order chi connectivity index (χ1) is 13.4. The van der Waals surface area contributed by atoms with Crippen LogP contribution in [0, 0.1) is 0 Å². The van der Waals surface area contributed by atoms with Gasteiger partial charge in [-0.25, -0.2) is 0 Å². The standard InChI is InChI=1S/C24H30N2O2/c1-17(2)26(18(3)4)15-20(27)14-25-16-23(19-10-6-5-7-11-19)21-12-8-9-13-22(21)24(25)28/h5-13,16-18,20,27H,14-15H2,1-4H3. The van der Waals surface area contributed by atoms with Crippen molar-refractivity contribution in [1.82, 2.24) is 9.47 Å². The van der Waals surface area contributed by atoms with E-state index in [-0.39, 0.29) is 12.1 Å². The Morgan fingerprint density at radius 3 is 2.07 bits per heavy atom. The Hall–Kier alpha value is -2.43. The Kier molecular flexibility index (Phi) is 6.32. The molecule has 0 aliphatic heterocycles. The van der Waals surface area contributed by atoms with Gasteiger partial charge >= 0.3 is 0 Å². The van der Waals surface area contributed by atoms with Gasteiger partial charge < -0.3 is 9.67 Å². The number of aliphatic hydroxyl groups excluding tert-OH is 1. The minimum absolute atomic E-state index is 0.0602. The van der Waals surface area contributed by atoms with E-state index in [1.165, 1.54) is 0 Å². The summed E-state index contributed by atoms with van der Waals surface area (Å²) in [5.41, 5.74) is 2.01. The van der Waals surface area contributed by atoms with Crippen molar-refractivity contribution < 1.29 is 5.11 Å². The van der Waals surface area contributed by atoms with Gasteiger partial charge in [-0.3, -0.25) is 9.69 Å². The van der Waals surface area contributed by atoms with Gasteiger partial charge in [0.15, 0.2) is 0 Å². The van der Waals surface area contributed by atoms with E-state index < -0.39 is 6.10 Å². The Morgan fingerprint density at radius 2 is 1.46 bits per heavy atom. The molecule has 0 aliphatic carbocycles. The molecule has 1 aromatic heterocycles. The van der Waals surface area contributed by atoms with Gasteiger partial charge in [0.2, 0.25) is 0 Å². The first-order valence-corrected chi connectivity index (χ1v) is 10.00. The summed E-state index contributed by atoms with van der Waals surface area (Å²) in [5.74, 6) is 0. The van der Waals surface area contributed by atoms with Crippen molar-refractivity contribution >= 4 is 10.8 Å². The molecule has 0 bridgehead atoms. The van der Waals surface area contributed by atoms with Gasteiger partial charge in [-0.2, -0.15) is 0 Å². The second-order valence-corrected chi connectivity index (χ2v) is 7.95. The maximum absolute atomic E-state index is 13.0. The topological polar surface area (TPSA) is 45.5 Å². The highest BCUT2D eigenvalue weighted by atomic mass is 16.3. The molecule has 0 radical (unpaired) electrons. The molecule has 2 aromatic carbocycles. The van der Waals surface area contributed by atoms with Crippen LogP contribution in [0.1, 0.15) is 27.7 Å². The summed E-state index contributed by atoms with van der Waals surface area (Å²) in [7, 11) is 0. The fourth-order valence-electron chi connectivity index (χ4n) is 3.87. The predicted octanol–water partition coefficient (Wildman–Crippen LogP) is 4.15. The van der Waals surface area contributed by atoms with E-state index in [9.17, 15) is 9.90 Å². The van der Waals surface area contributed by atoms with E-state index in [2.05, 4.69) is 32.6 Å². The minimum Gasteiger partial charge on any atom is -0.390 e. The van der Waals surface area contributed by atoms with Crippen molar-refractivity contribution in [2.45, 2.75) is 52.4 Å². The Bertz CT molecular complexity index is 969. The number of nitrogens with zero attached hydrogens (tertiary/aromatic N) is 2. The summed E-state index contributed by atoms with van der Waals surface area (Å²) in [6, 6.07) is 18.4. The highest BCUT2D eigenvalue weighted by Crippen LogP contribution is 2.26. The third-order valence-corrected chi connectivity index (χ3v) is 5.23. The van der Waals surface area contributed by atoms with Gasteiger partial charge in [-0.1, -0.05) is 48.5 Å². The molecule has 0 fully saturated rings. The molecule has 1 atom stereocenters. The molecule has 3 aromatic rings. The van der Waals surface area contributed by atoms with Crippen molar-refractivity contribution in [3.8, 4) is 11.1 Å². The van der Waals surface area contributed by atoms with Gasteiger partial charge in [-0.15, -0.1) is 0 Å². The fraction of sp³-hybridized carbons (Fsp3) is 0.375. The quantitative estimate of drug-likeness (QED) is 0.672. The number of pyridine rings is 1. The second kappa shape index (κ2) is 8.72. The van der Waals surface area contributed by atoms with Crippen LogP contribution < -0.4 is 5.56 Å². The molecule has 0 saturated carbocycles. The minimum atomic E-state index is -0.618. The van der Waals surface area contributed by atoms with Crippen LogP contribution in [0.3, 0.4) is 0 Å². The molecule has 1 unspecified atom stereocenters. The van der Waals surface area contributed by atoms with E-state index in [4.69, 9.17) is 0 Å². The molecule has 4 nitrogen and oxygen atoms in total. The van der Waals surface area contributed by atoms with Gasteiger partial charge in [-0.05, 0) is 44.7 Å². The van der Waals surface area contributed by atoms with E-state index >= 15 is 0 Å².